The molecule has 1 aromatic heterocycles. The van der Waals surface area contributed by atoms with E-state index in [2.05, 4.69) is 26.2 Å². The van der Waals surface area contributed by atoms with Crippen LogP contribution in [0.2, 0.25) is 0 Å². The molecule has 18 heavy (non-hydrogen) atoms. The summed E-state index contributed by atoms with van der Waals surface area (Å²) in [6.07, 6.45) is 0. The molecule has 90 valence electrons. The number of hydrogen-bond donors (Lipinski definition) is 1. The molecule has 5 heteroatoms. The molecule has 0 spiro atoms. The van der Waals surface area contributed by atoms with Crippen LogP contribution in [0.3, 0.4) is 0 Å². The third-order valence-electron chi connectivity index (χ3n) is 2.46. The van der Waals surface area contributed by atoms with Gasteiger partial charge in [0.1, 0.15) is 5.82 Å². The van der Waals surface area contributed by atoms with Gasteiger partial charge in [-0.2, -0.15) is 0 Å². The van der Waals surface area contributed by atoms with Gasteiger partial charge in [-0.3, -0.25) is 0 Å². The zero-order valence-electron chi connectivity index (χ0n) is 9.15. The third-order valence-corrected chi connectivity index (χ3v) is 4.06. The lowest BCUT2D eigenvalue weighted by Crippen LogP contribution is -1.90. The van der Waals surface area contributed by atoms with Gasteiger partial charge in [0.2, 0.25) is 0 Å². The maximum Gasteiger partial charge on any atom is 0.188 e. The van der Waals surface area contributed by atoms with Crippen LogP contribution in [0, 0.1) is 5.82 Å². The summed E-state index contributed by atoms with van der Waals surface area (Å²) >= 11 is 4.67. The zero-order chi connectivity index (χ0) is 12.5. The molecule has 2 nitrogen and oxygen atoms in total. The van der Waals surface area contributed by atoms with Crippen LogP contribution in [-0.2, 0) is 0 Å². The van der Waals surface area contributed by atoms with Gasteiger partial charge in [0.05, 0.1) is 14.7 Å². The molecule has 0 aliphatic heterocycles. The third kappa shape index (κ3) is 2.23. The van der Waals surface area contributed by atoms with Crippen LogP contribution in [0.25, 0.3) is 10.2 Å². The molecular weight excluding hydrogens is 315 g/mol. The fraction of sp³-hybridized carbons (Fsp3) is 0. The minimum absolute atomic E-state index is 0.291. The van der Waals surface area contributed by atoms with E-state index in [4.69, 9.17) is 0 Å². The van der Waals surface area contributed by atoms with Gasteiger partial charge in [-0.25, -0.2) is 9.37 Å². The molecule has 0 fully saturated rings. The quantitative estimate of drug-likeness (QED) is 0.722. The summed E-state index contributed by atoms with van der Waals surface area (Å²) in [6.45, 7) is 0. The summed E-state index contributed by atoms with van der Waals surface area (Å²) in [7, 11) is 0. The lowest BCUT2D eigenvalue weighted by molar-refractivity contribution is 0.622. The van der Waals surface area contributed by atoms with E-state index >= 15 is 0 Å². The van der Waals surface area contributed by atoms with Gasteiger partial charge in [-0.05, 0) is 46.3 Å². The van der Waals surface area contributed by atoms with Gasteiger partial charge in [0.25, 0.3) is 0 Å². The number of para-hydroxylation sites is 1. The number of anilines is 2. The Kier molecular flexibility index (Phi) is 3.01. The first-order chi connectivity index (χ1) is 8.72. The molecule has 0 saturated heterocycles. The molecule has 3 rings (SSSR count). The van der Waals surface area contributed by atoms with Crippen molar-refractivity contribution < 1.29 is 4.39 Å². The fourth-order valence-electron chi connectivity index (χ4n) is 1.62. The molecule has 0 amide bonds. The number of rotatable bonds is 2. The monoisotopic (exact) mass is 322 g/mol. The van der Waals surface area contributed by atoms with Gasteiger partial charge in [0.15, 0.2) is 5.13 Å². The summed E-state index contributed by atoms with van der Waals surface area (Å²) in [4.78, 5) is 4.43. The van der Waals surface area contributed by atoms with Crippen molar-refractivity contribution in [2.45, 2.75) is 0 Å². The van der Waals surface area contributed by atoms with Crippen molar-refractivity contribution in [3.05, 3.63) is 52.8 Å². The van der Waals surface area contributed by atoms with Crippen molar-refractivity contribution in [1.29, 1.82) is 0 Å². The van der Waals surface area contributed by atoms with E-state index < -0.39 is 0 Å². The second kappa shape index (κ2) is 4.66. The van der Waals surface area contributed by atoms with Crippen LogP contribution in [0.1, 0.15) is 0 Å². The van der Waals surface area contributed by atoms with E-state index in [-0.39, 0.29) is 5.82 Å². The molecule has 0 bridgehead atoms. The summed E-state index contributed by atoms with van der Waals surface area (Å²) in [5.74, 6) is -0.291. The topological polar surface area (TPSA) is 24.9 Å². The summed E-state index contributed by atoms with van der Waals surface area (Å²) in [6, 6.07) is 12.8. The Morgan fingerprint density at radius 3 is 2.78 bits per heavy atom. The molecule has 1 heterocycles. The molecule has 0 unspecified atom stereocenters. The average Bonchev–Trinajstić information content (AvgIpc) is 2.76. The van der Waals surface area contributed by atoms with Crippen LogP contribution >= 0.6 is 27.3 Å². The van der Waals surface area contributed by atoms with E-state index in [0.717, 1.165) is 15.3 Å². The Hall–Kier alpha value is -1.46. The van der Waals surface area contributed by atoms with Crippen LogP contribution in [0.4, 0.5) is 15.2 Å². The highest BCUT2D eigenvalue weighted by Gasteiger charge is 2.05. The van der Waals surface area contributed by atoms with E-state index in [0.29, 0.717) is 10.2 Å². The van der Waals surface area contributed by atoms with Crippen LogP contribution in [-0.4, -0.2) is 4.98 Å². The first kappa shape index (κ1) is 11.6. The molecular formula is C13H8BrFN2S. The molecule has 0 aliphatic rings. The number of nitrogens with one attached hydrogen (secondary N) is 1. The number of nitrogens with zero attached hydrogens (tertiary/aromatic N) is 1. The van der Waals surface area contributed by atoms with E-state index in [9.17, 15) is 4.39 Å². The highest BCUT2D eigenvalue weighted by molar-refractivity contribution is 9.10. The first-order valence-electron chi connectivity index (χ1n) is 5.30. The number of thiazole rings is 1. The van der Waals surface area contributed by atoms with Gasteiger partial charge in [0, 0.05) is 5.69 Å². The van der Waals surface area contributed by atoms with Gasteiger partial charge >= 0.3 is 0 Å². The SMILES string of the molecule is Fc1cc(Nc2nc3ccccc3s2)ccc1Br. The lowest BCUT2D eigenvalue weighted by Gasteiger charge is -2.02. The van der Waals surface area contributed by atoms with E-state index in [1.807, 2.05) is 24.3 Å². The number of aromatic nitrogens is 1. The van der Waals surface area contributed by atoms with Crippen LogP contribution < -0.4 is 5.32 Å². The molecule has 3 aromatic rings. The number of fused-ring (bicyclic) bond motifs is 1. The summed E-state index contributed by atoms with van der Waals surface area (Å²) in [5, 5.41) is 3.87. The normalized spacial score (nSPS) is 10.8. The minimum Gasteiger partial charge on any atom is -0.331 e. The maximum absolute atomic E-state index is 13.4. The summed E-state index contributed by atoms with van der Waals surface area (Å²) < 4.78 is 14.9. The average molecular weight is 323 g/mol. The molecule has 1 N–H and O–H groups in total. The number of hydrogen-bond acceptors (Lipinski definition) is 3. The van der Waals surface area contributed by atoms with Gasteiger partial charge < -0.3 is 5.32 Å². The highest BCUT2D eigenvalue weighted by atomic mass is 79.9. The van der Waals surface area contributed by atoms with Crippen molar-refractivity contribution >= 4 is 48.3 Å². The molecule has 0 saturated carbocycles. The van der Waals surface area contributed by atoms with Crippen molar-refractivity contribution in [2.75, 3.05) is 5.32 Å². The highest BCUT2D eigenvalue weighted by Crippen LogP contribution is 2.29. The Balaban J connectivity index is 1.93. The molecule has 0 atom stereocenters. The minimum atomic E-state index is -0.291. The number of halogens is 2. The van der Waals surface area contributed by atoms with Crippen molar-refractivity contribution in [3.63, 3.8) is 0 Å². The summed E-state index contributed by atoms with van der Waals surface area (Å²) in [5.41, 5.74) is 1.64. The predicted octanol–water partition coefficient (Wildman–Crippen LogP) is 4.94. The molecule has 0 radical (unpaired) electrons. The lowest BCUT2D eigenvalue weighted by atomic mass is 10.3. The van der Waals surface area contributed by atoms with Crippen LogP contribution in [0.15, 0.2) is 46.9 Å². The van der Waals surface area contributed by atoms with Crippen molar-refractivity contribution in [3.8, 4) is 0 Å². The smallest absolute Gasteiger partial charge is 0.188 e. The fourth-order valence-corrected chi connectivity index (χ4v) is 2.76. The van der Waals surface area contributed by atoms with Crippen molar-refractivity contribution in [1.82, 2.24) is 4.98 Å². The number of benzene rings is 2. The van der Waals surface area contributed by atoms with Crippen LogP contribution in [0.5, 0.6) is 0 Å². The standard InChI is InChI=1S/C13H8BrFN2S/c14-9-6-5-8(7-10(9)15)16-13-17-11-3-1-2-4-12(11)18-13/h1-7H,(H,16,17). The molecule has 0 aliphatic carbocycles. The van der Waals surface area contributed by atoms with Gasteiger partial charge in [-0.15, -0.1) is 0 Å². The van der Waals surface area contributed by atoms with Crippen molar-refractivity contribution in [2.24, 2.45) is 0 Å². The second-order valence-electron chi connectivity index (χ2n) is 3.74. The van der Waals surface area contributed by atoms with Gasteiger partial charge in [-0.1, -0.05) is 23.5 Å². The van der Waals surface area contributed by atoms with E-state index in [1.165, 1.54) is 6.07 Å². The first-order valence-corrected chi connectivity index (χ1v) is 6.91. The second-order valence-corrected chi connectivity index (χ2v) is 5.63. The Labute approximate surface area is 116 Å². The Morgan fingerprint density at radius 1 is 1.17 bits per heavy atom. The Bertz CT molecular complexity index is 678. The molecule has 2 aromatic carbocycles. The predicted molar refractivity (Wildman–Crippen MR) is 77.0 cm³/mol. The largest absolute Gasteiger partial charge is 0.331 e. The van der Waals surface area contributed by atoms with E-state index in [1.54, 1.807) is 23.5 Å². The zero-order valence-corrected chi connectivity index (χ0v) is 11.6. The maximum atomic E-state index is 13.4. The Morgan fingerprint density at radius 2 is 2.00 bits per heavy atom.